The Bertz CT molecular complexity index is 374. The van der Waals surface area contributed by atoms with E-state index in [1.54, 1.807) is 4.68 Å². The topological polar surface area (TPSA) is 79.7 Å². The molecule has 0 saturated heterocycles. The van der Waals surface area contributed by atoms with Crippen molar-refractivity contribution in [3.63, 3.8) is 0 Å². The fourth-order valence-corrected chi connectivity index (χ4v) is 1.86. The van der Waals surface area contributed by atoms with E-state index in [1.165, 1.54) is 0 Å². The summed E-state index contributed by atoms with van der Waals surface area (Å²) in [4.78, 5) is 2.19. The molecule has 6 heteroatoms. The molecule has 0 spiro atoms. The molecule has 0 aliphatic carbocycles. The number of aromatic nitrogens is 2. The Morgan fingerprint density at radius 3 is 2.88 bits per heavy atom. The van der Waals surface area contributed by atoms with Crippen LogP contribution in [0.15, 0.2) is 17.5 Å². The monoisotopic (exact) mass is 239 g/mol. The highest BCUT2D eigenvalue weighted by Gasteiger charge is 2.15. The molecule has 1 heterocycles. The first-order valence-corrected chi connectivity index (χ1v) is 5.71. The van der Waals surface area contributed by atoms with Gasteiger partial charge in [-0.2, -0.15) is 5.10 Å². The molecule has 0 fully saturated rings. The lowest BCUT2D eigenvalue weighted by molar-refractivity contribution is 0.230. The molecule has 1 aromatic heterocycles. The summed E-state index contributed by atoms with van der Waals surface area (Å²) >= 11 is 0. The molecule has 3 N–H and O–H groups in total. The average Bonchev–Trinajstić information content (AvgIpc) is 2.70. The van der Waals surface area contributed by atoms with Gasteiger partial charge in [0.1, 0.15) is 5.84 Å². The Kier molecular flexibility index (Phi) is 4.96. The highest BCUT2D eigenvalue weighted by atomic mass is 16.4. The van der Waals surface area contributed by atoms with Gasteiger partial charge in [-0.25, -0.2) is 0 Å². The largest absolute Gasteiger partial charge is 0.409 e. The third kappa shape index (κ3) is 4.07. The third-order valence-electron chi connectivity index (χ3n) is 2.86. The zero-order chi connectivity index (χ0) is 12.8. The summed E-state index contributed by atoms with van der Waals surface area (Å²) in [6, 6.07) is 0.270. The number of hydrogen-bond donors (Lipinski definition) is 2. The summed E-state index contributed by atoms with van der Waals surface area (Å²) in [5, 5.41) is 15.7. The fourth-order valence-electron chi connectivity index (χ4n) is 1.86. The zero-order valence-electron chi connectivity index (χ0n) is 10.7. The first kappa shape index (κ1) is 13.5. The second kappa shape index (κ2) is 6.24. The number of rotatable bonds is 6. The quantitative estimate of drug-likeness (QED) is 0.332. The van der Waals surface area contributed by atoms with E-state index in [2.05, 4.69) is 22.1 Å². The maximum absolute atomic E-state index is 8.59. The van der Waals surface area contributed by atoms with Crippen molar-refractivity contribution in [1.29, 1.82) is 0 Å². The summed E-state index contributed by atoms with van der Waals surface area (Å²) in [6.45, 7) is 2.90. The minimum absolute atomic E-state index is 0.270. The van der Waals surface area contributed by atoms with Crippen LogP contribution in [0.1, 0.15) is 25.3 Å². The van der Waals surface area contributed by atoms with Crippen LogP contribution in [0.3, 0.4) is 0 Å². The molecule has 17 heavy (non-hydrogen) atoms. The van der Waals surface area contributed by atoms with Crippen LogP contribution in [0.4, 0.5) is 0 Å². The molecular weight excluding hydrogens is 218 g/mol. The van der Waals surface area contributed by atoms with Crippen LogP contribution in [0.25, 0.3) is 0 Å². The van der Waals surface area contributed by atoms with Crippen LogP contribution in [0, 0.1) is 0 Å². The van der Waals surface area contributed by atoms with Crippen molar-refractivity contribution in [1.82, 2.24) is 14.7 Å². The van der Waals surface area contributed by atoms with E-state index >= 15 is 0 Å². The number of aryl methyl sites for hydroxylation is 1. The Labute approximate surface area is 102 Å². The smallest absolute Gasteiger partial charge is 0.140 e. The van der Waals surface area contributed by atoms with Gasteiger partial charge < -0.3 is 10.9 Å². The van der Waals surface area contributed by atoms with Gasteiger partial charge in [0.2, 0.25) is 0 Å². The predicted molar refractivity (Wildman–Crippen MR) is 66.8 cm³/mol. The first-order valence-electron chi connectivity index (χ1n) is 5.71. The Hall–Kier alpha value is -1.56. The van der Waals surface area contributed by atoms with Crippen LogP contribution < -0.4 is 5.73 Å². The molecule has 96 valence electrons. The molecular formula is C11H21N5O. The van der Waals surface area contributed by atoms with Gasteiger partial charge in [-0.05, 0) is 13.5 Å². The van der Waals surface area contributed by atoms with Gasteiger partial charge in [-0.1, -0.05) is 12.1 Å². The van der Waals surface area contributed by atoms with Gasteiger partial charge in [0.15, 0.2) is 0 Å². The standard InChI is InChI=1S/C11H21N5O/c1-4-10(5-11(12)14-17)15(2)7-9-6-13-16(3)8-9/h6,8,10,17H,4-5,7H2,1-3H3,(H2,12,14). The number of nitrogens with two attached hydrogens (primary N) is 1. The lowest BCUT2D eigenvalue weighted by Crippen LogP contribution is -2.34. The number of hydrogen-bond acceptors (Lipinski definition) is 4. The van der Waals surface area contributed by atoms with E-state index < -0.39 is 0 Å². The van der Waals surface area contributed by atoms with E-state index in [4.69, 9.17) is 10.9 Å². The van der Waals surface area contributed by atoms with Crippen LogP contribution >= 0.6 is 0 Å². The summed E-state index contributed by atoms with van der Waals surface area (Å²) in [5.41, 5.74) is 6.70. The Balaban J connectivity index is 2.57. The van der Waals surface area contributed by atoms with Crippen molar-refractivity contribution in [2.45, 2.75) is 32.4 Å². The van der Waals surface area contributed by atoms with Gasteiger partial charge in [0.25, 0.3) is 0 Å². The lowest BCUT2D eigenvalue weighted by Gasteiger charge is -2.26. The molecule has 0 saturated carbocycles. The van der Waals surface area contributed by atoms with Gasteiger partial charge in [-0.3, -0.25) is 9.58 Å². The van der Waals surface area contributed by atoms with Crippen molar-refractivity contribution in [3.05, 3.63) is 18.0 Å². The SMILES string of the molecule is CCC(CC(N)=NO)N(C)Cc1cnn(C)c1. The zero-order valence-corrected chi connectivity index (χ0v) is 10.7. The summed E-state index contributed by atoms with van der Waals surface area (Å²) in [6.07, 6.45) is 5.37. The summed E-state index contributed by atoms with van der Waals surface area (Å²) in [5.74, 6) is 0.273. The van der Waals surface area contributed by atoms with Crippen LogP contribution in [0.5, 0.6) is 0 Å². The van der Waals surface area contributed by atoms with E-state index in [-0.39, 0.29) is 11.9 Å². The molecule has 6 nitrogen and oxygen atoms in total. The molecule has 1 aromatic rings. The first-order chi connectivity index (χ1) is 8.06. The van der Waals surface area contributed by atoms with Gasteiger partial charge in [0.05, 0.1) is 6.20 Å². The van der Waals surface area contributed by atoms with Crippen molar-refractivity contribution in [2.24, 2.45) is 17.9 Å². The van der Waals surface area contributed by atoms with Crippen molar-refractivity contribution in [3.8, 4) is 0 Å². The van der Waals surface area contributed by atoms with E-state index in [0.717, 1.165) is 18.5 Å². The number of oxime groups is 1. The molecule has 0 aromatic carbocycles. The minimum Gasteiger partial charge on any atom is -0.409 e. The fraction of sp³-hybridized carbons (Fsp3) is 0.636. The molecule has 0 amide bonds. The van der Waals surface area contributed by atoms with Crippen molar-refractivity contribution < 1.29 is 5.21 Å². The van der Waals surface area contributed by atoms with Crippen molar-refractivity contribution >= 4 is 5.84 Å². The van der Waals surface area contributed by atoms with Gasteiger partial charge in [-0.15, -0.1) is 0 Å². The molecule has 0 aliphatic heterocycles. The number of amidine groups is 1. The molecule has 1 atom stereocenters. The third-order valence-corrected chi connectivity index (χ3v) is 2.86. The molecule has 1 rings (SSSR count). The highest BCUT2D eigenvalue weighted by molar-refractivity contribution is 5.80. The maximum Gasteiger partial charge on any atom is 0.140 e. The van der Waals surface area contributed by atoms with Gasteiger partial charge in [0, 0.05) is 37.8 Å². The number of nitrogens with zero attached hydrogens (tertiary/aromatic N) is 4. The second-order valence-electron chi connectivity index (χ2n) is 4.29. The normalized spacial score (nSPS) is 14.2. The van der Waals surface area contributed by atoms with Crippen LogP contribution in [-0.4, -0.2) is 38.8 Å². The second-order valence-corrected chi connectivity index (χ2v) is 4.29. The lowest BCUT2D eigenvalue weighted by atomic mass is 10.1. The van der Waals surface area contributed by atoms with E-state index in [1.807, 2.05) is 26.5 Å². The summed E-state index contributed by atoms with van der Waals surface area (Å²) < 4.78 is 1.79. The van der Waals surface area contributed by atoms with E-state index in [0.29, 0.717) is 6.42 Å². The van der Waals surface area contributed by atoms with Crippen molar-refractivity contribution in [2.75, 3.05) is 7.05 Å². The van der Waals surface area contributed by atoms with E-state index in [9.17, 15) is 0 Å². The highest BCUT2D eigenvalue weighted by Crippen LogP contribution is 2.11. The summed E-state index contributed by atoms with van der Waals surface area (Å²) in [7, 11) is 3.93. The molecule has 0 radical (unpaired) electrons. The van der Waals surface area contributed by atoms with Crippen LogP contribution in [-0.2, 0) is 13.6 Å². The Morgan fingerprint density at radius 2 is 2.41 bits per heavy atom. The minimum atomic E-state index is 0.270. The van der Waals surface area contributed by atoms with Gasteiger partial charge >= 0.3 is 0 Å². The van der Waals surface area contributed by atoms with Crippen LogP contribution in [0.2, 0.25) is 0 Å². The average molecular weight is 239 g/mol. The molecule has 1 unspecified atom stereocenters. The predicted octanol–water partition coefficient (Wildman–Crippen LogP) is 0.767. The maximum atomic E-state index is 8.59. The Morgan fingerprint density at radius 1 is 1.71 bits per heavy atom. The molecule has 0 aliphatic rings. The molecule has 0 bridgehead atoms.